The standard InChI is InChI=1S/C16H24FNO2/c1-12-3-4-14(9-15(12)17)16(19)6-8-18-7-5-13(10-18)11-20-2/h3-4,9,13,16,19H,5-8,10-11H2,1-2H3. The number of likely N-dealkylation sites (tertiary alicyclic amines) is 1. The monoisotopic (exact) mass is 281 g/mol. The second-order valence-corrected chi connectivity index (χ2v) is 5.72. The van der Waals surface area contributed by atoms with Crippen LogP contribution >= 0.6 is 0 Å². The van der Waals surface area contributed by atoms with Gasteiger partial charge in [-0.2, -0.15) is 0 Å². The summed E-state index contributed by atoms with van der Waals surface area (Å²) in [6, 6.07) is 4.97. The number of aliphatic hydroxyl groups excluding tert-OH is 1. The number of aliphatic hydroxyl groups is 1. The van der Waals surface area contributed by atoms with E-state index in [0.29, 0.717) is 23.5 Å². The molecule has 2 unspecified atom stereocenters. The summed E-state index contributed by atoms with van der Waals surface area (Å²) in [5.74, 6) is 0.358. The Morgan fingerprint density at radius 2 is 2.30 bits per heavy atom. The molecule has 1 fully saturated rings. The molecular formula is C16H24FNO2. The number of halogens is 1. The van der Waals surface area contributed by atoms with Gasteiger partial charge in [0.1, 0.15) is 5.82 Å². The first-order valence-corrected chi connectivity index (χ1v) is 7.25. The lowest BCUT2D eigenvalue weighted by molar-refractivity contribution is 0.137. The lowest BCUT2D eigenvalue weighted by Gasteiger charge is -2.18. The predicted octanol–water partition coefficient (Wildman–Crippen LogP) is 2.53. The molecule has 3 nitrogen and oxygen atoms in total. The van der Waals surface area contributed by atoms with Crippen molar-refractivity contribution in [3.8, 4) is 0 Å². The average Bonchev–Trinajstić information content (AvgIpc) is 2.87. The number of nitrogens with zero attached hydrogens (tertiary/aromatic N) is 1. The zero-order chi connectivity index (χ0) is 14.5. The van der Waals surface area contributed by atoms with E-state index in [1.807, 2.05) is 0 Å². The van der Waals surface area contributed by atoms with Crippen LogP contribution in [-0.4, -0.2) is 43.4 Å². The Balaban J connectivity index is 1.80. The maximum Gasteiger partial charge on any atom is 0.126 e. The summed E-state index contributed by atoms with van der Waals surface area (Å²) in [4.78, 5) is 2.34. The maximum atomic E-state index is 13.5. The third-order valence-electron chi connectivity index (χ3n) is 4.07. The van der Waals surface area contributed by atoms with E-state index in [9.17, 15) is 9.50 Å². The van der Waals surface area contributed by atoms with E-state index in [4.69, 9.17) is 4.74 Å². The van der Waals surface area contributed by atoms with Gasteiger partial charge >= 0.3 is 0 Å². The molecule has 1 heterocycles. The van der Waals surface area contributed by atoms with E-state index < -0.39 is 6.10 Å². The first-order valence-electron chi connectivity index (χ1n) is 7.25. The van der Waals surface area contributed by atoms with E-state index in [-0.39, 0.29) is 5.82 Å². The van der Waals surface area contributed by atoms with E-state index in [1.54, 1.807) is 26.2 Å². The van der Waals surface area contributed by atoms with Gasteiger partial charge in [-0.25, -0.2) is 4.39 Å². The zero-order valence-corrected chi connectivity index (χ0v) is 12.3. The molecule has 0 bridgehead atoms. The first-order chi connectivity index (χ1) is 9.60. The summed E-state index contributed by atoms with van der Waals surface area (Å²) in [5.41, 5.74) is 1.28. The van der Waals surface area contributed by atoms with Crippen LogP contribution in [0.2, 0.25) is 0 Å². The van der Waals surface area contributed by atoms with E-state index >= 15 is 0 Å². The Kier molecular flexibility index (Phi) is 5.52. The summed E-state index contributed by atoms with van der Waals surface area (Å²) in [6.07, 6.45) is 1.21. The lowest BCUT2D eigenvalue weighted by atomic mass is 10.0. The Labute approximate surface area is 120 Å². The van der Waals surface area contributed by atoms with Gasteiger partial charge in [-0.15, -0.1) is 0 Å². The molecule has 1 aromatic carbocycles. The summed E-state index contributed by atoms with van der Waals surface area (Å²) in [5, 5.41) is 10.1. The number of rotatable bonds is 6. The van der Waals surface area contributed by atoms with Crippen LogP contribution in [0.5, 0.6) is 0 Å². The third-order valence-corrected chi connectivity index (χ3v) is 4.07. The van der Waals surface area contributed by atoms with Gasteiger partial charge in [-0.1, -0.05) is 12.1 Å². The van der Waals surface area contributed by atoms with E-state index in [1.165, 1.54) is 6.07 Å². The molecule has 1 saturated heterocycles. The molecule has 0 spiro atoms. The second kappa shape index (κ2) is 7.16. The molecule has 1 aliphatic rings. The van der Waals surface area contributed by atoms with Crippen LogP contribution in [0.1, 0.15) is 30.1 Å². The van der Waals surface area contributed by atoms with Crippen LogP contribution in [0.3, 0.4) is 0 Å². The van der Waals surface area contributed by atoms with Crippen LogP contribution in [0.4, 0.5) is 4.39 Å². The van der Waals surface area contributed by atoms with Crippen molar-refractivity contribution >= 4 is 0 Å². The summed E-state index contributed by atoms with van der Waals surface area (Å²) in [6.45, 7) is 5.47. The highest BCUT2D eigenvalue weighted by atomic mass is 19.1. The van der Waals surface area contributed by atoms with Gasteiger partial charge in [0.05, 0.1) is 12.7 Å². The third kappa shape index (κ3) is 4.01. The average molecular weight is 281 g/mol. The van der Waals surface area contributed by atoms with Crippen molar-refractivity contribution in [2.45, 2.75) is 25.9 Å². The van der Waals surface area contributed by atoms with Crippen LogP contribution in [0.25, 0.3) is 0 Å². The molecule has 0 saturated carbocycles. The zero-order valence-electron chi connectivity index (χ0n) is 12.3. The van der Waals surface area contributed by atoms with Gasteiger partial charge in [0.15, 0.2) is 0 Å². The molecule has 2 atom stereocenters. The predicted molar refractivity (Wildman–Crippen MR) is 77.1 cm³/mol. The fourth-order valence-electron chi connectivity index (χ4n) is 2.78. The molecule has 0 aromatic heterocycles. The van der Waals surface area contributed by atoms with Gasteiger partial charge in [-0.3, -0.25) is 0 Å². The quantitative estimate of drug-likeness (QED) is 0.869. The van der Waals surface area contributed by atoms with Crippen molar-refractivity contribution in [1.82, 2.24) is 4.90 Å². The molecule has 1 N–H and O–H groups in total. The minimum absolute atomic E-state index is 0.247. The number of ether oxygens (including phenoxy) is 1. The van der Waals surface area contributed by atoms with Crippen LogP contribution in [0.15, 0.2) is 18.2 Å². The number of aryl methyl sites for hydroxylation is 1. The Bertz CT molecular complexity index is 438. The first kappa shape index (κ1) is 15.4. The van der Waals surface area contributed by atoms with Gasteiger partial charge < -0.3 is 14.7 Å². The van der Waals surface area contributed by atoms with Crippen molar-refractivity contribution in [2.75, 3.05) is 33.4 Å². The minimum Gasteiger partial charge on any atom is -0.388 e. The highest BCUT2D eigenvalue weighted by molar-refractivity contribution is 5.24. The number of hydrogen-bond donors (Lipinski definition) is 1. The Morgan fingerprint density at radius 3 is 3.00 bits per heavy atom. The summed E-state index contributed by atoms with van der Waals surface area (Å²) in [7, 11) is 1.73. The smallest absolute Gasteiger partial charge is 0.126 e. The molecule has 2 rings (SSSR count). The van der Waals surface area contributed by atoms with Crippen molar-refractivity contribution in [2.24, 2.45) is 5.92 Å². The molecule has 0 amide bonds. The number of methoxy groups -OCH3 is 1. The highest BCUT2D eigenvalue weighted by Crippen LogP contribution is 2.22. The van der Waals surface area contributed by atoms with Crippen molar-refractivity contribution in [3.05, 3.63) is 35.1 Å². The molecule has 20 heavy (non-hydrogen) atoms. The molecular weight excluding hydrogens is 257 g/mol. The Morgan fingerprint density at radius 1 is 1.50 bits per heavy atom. The topological polar surface area (TPSA) is 32.7 Å². The second-order valence-electron chi connectivity index (χ2n) is 5.72. The SMILES string of the molecule is COCC1CCN(CCC(O)c2ccc(C)c(F)c2)C1. The van der Waals surface area contributed by atoms with Gasteiger partial charge in [-0.05, 0) is 49.4 Å². The largest absolute Gasteiger partial charge is 0.388 e. The number of benzene rings is 1. The molecule has 112 valence electrons. The van der Waals surface area contributed by atoms with E-state index in [2.05, 4.69) is 4.90 Å². The van der Waals surface area contributed by atoms with Crippen molar-refractivity contribution < 1.29 is 14.2 Å². The molecule has 4 heteroatoms. The summed E-state index contributed by atoms with van der Waals surface area (Å²) < 4.78 is 18.7. The van der Waals surface area contributed by atoms with Crippen LogP contribution < -0.4 is 0 Å². The fraction of sp³-hybridized carbons (Fsp3) is 0.625. The van der Waals surface area contributed by atoms with Crippen LogP contribution in [-0.2, 0) is 4.74 Å². The minimum atomic E-state index is -0.591. The Hall–Kier alpha value is -0.970. The van der Waals surface area contributed by atoms with E-state index in [0.717, 1.165) is 32.7 Å². The fourth-order valence-corrected chi connectivity index (χ4v) is 2.78. The van der Waals surface area contributed by atoms with Gasteiger partial charge in [0, 0.05) is 20.2 Å². The van der Waals surface area contributed by atoms with Crippen molar-refractivity contribution in [1.29, 1.82) is 0 Å². The molecule has 1 aliphatic heterocycles. The van der Waals surface area contributed by atoms with Crippen LogP contribution in [0, 0.1) is 18.7 Å². The molecule has 0 aliphatic carbocycles. The highest BCUT2D eigenvalue weighted by Gasteiger charge is 2.22. The molecule has 1 aromatic rings. The number of hydrogen-bond acceptors (Lipinski definition) is 3. The van der Waals surface area contributed by atoms with Gasteiger partial charge in [0.25, 0.3) is 0 Å². The lowest BCUT2D eigenvalue weighted by Crippen LogP contribution is -2.24. The van der Waals surface area contributed by atoms with Crippen molar-refractivity contribution in [3.63, 3.8) is 0 Å². The summed E-state index contributed by atoms with van der Waals surface area (Å²) >= 11 is 0. The normalized spacial score (nSPS) is 21.3. The van der Waals surface area contributed by atoms with Gasteiger partial charge in [0.2, 0.25) is 0 Å². The molecule has 0 radical (unpaired) electrons. The maximum absolute atomic E-state index is 13.5.